The molecular weight excluding hydrogens is 253 g/mol. The molecule has 2 nitrogen and oxygen atoms in total. The van der Waals surface area contributed by atoms with Gasteiger partial charge in [0.1, 0.15) is 5.82 Å². The van der Waals surface area contributed by atoms with Crippen molar-refractivity contribution in [2.75, 3.05) is 11.9 Å². The van der Waals surface area contributed by atoms with Gasteiger partial charge in [-0.05, 0) is 42.3 Å². The predicted molar refractivity (Wildman–Crippen MR) is 77.8 cm³/mol. The Morgan fingerprint density at radius 2 is 2.10 bits per heavy atom. The van der Waals surface area contributed by atoms with Gasteiger partial charge in [0.2, 0.25) is 0 Å². The van der Waals surface area contributed by atoms with Gasteiger partial charge in [-0.3, -0.25) is 4.79 Å². The fourth-order valence-electron chi connectivity index (χ4n) is 2.70. The third kappa shape index (κ3) is 2.31. The molecule has 3 heteroatoms. The Balaban J connectivity index is 1.79. The van der Waals surface area contributed by atoms with Crippen molar-refractivity contribution in [1.29, 1.82) is 0 Å². The lowest BCUT2D eigenvalue weighted by Crippen LogP contribution is -2.09. The van der Waals surface area contributed by atoms with E-state index in [0.29, 0.717) is 17.5 Å². The highest BCUT2D eigenvalue weighted by Gasteiger charge is 2.24. The number of rotatable bonds is 3. The minimum absolute atomic E-state index is 0.0663. The zero-order chi connectivity index (χ0) is 14.1. The molecule has 0 amide bonds. The molecule has 3 rings (SSSR count). The molecule has 2 aromatic carbocycles. The van der Waals surface area contributed by atoms with Gasteiger partial charge in [-0.25, -0.2) is 4.39 Å². The zero-order valence-corrected chi connectivity index (χ0v) is 11.3. The molecule has 1 N–H and O–H groups in total. The van der Waals surface area contributed by atoms with Crippen molar-refractivity contribution in [3.63, 3.8) is 0 Å². The van der Waals surface area contributed by atoms with Gasteiger partial charge >= 0.3 is 0 Å². The fraction of sp³-hybridized carbons (Fsp3) is 0.235. The number of para-hydroxylation sites is 1. The molecule has 0 saturated carbocycles. The Hall–Kier alpha value is -2.16. The summed E-state index contributed by atoms with van der Waals surface area (Å²) in [4.78, 5) is 12.3. The molecular formula is C17H16FNO. The minimum atomic E-state index is -0.269. The van der Waals surface area contributed by atoms with Crippen molar-refractivity contribution in [3.05, 3.63) is 65.0 Å². The zero-order valence-electron chi connectivity index (χ0n) is 11.3. The predicted octanol–water partition coefficient (Wildman–Crippen LogP) is 3.92. The first kappa shape index (κ1) is 12.9. The Morgan fingerprint density at radius 3 is 2.90 bits per heavy atom. The summed E-state index contributed by atoms with van der Waals surface area (Å²) >= 11 is 0. The molecule has 0 bridgehead atoms. The smallest absolute Gasteiger partial charge is 0.163 e. The maximum Gasteiger partial charge on any atom is 0.163 e. The number of hydrogen-bond acceptors (Lipinski definition) is 2. The maximum atomic E-state index is 13.2. The van der Waals surface area contributed by atoms with Crippen molar-refractivity contribution < 1.29 is 9.18 Å². The van der Waals surface area contributed by atoms with Crippen molar-refractivity contribution in [2.45, 2.75) is 19.3 Å². The number of carbonyl (C=O) groups excluding carboxylic acids is 1. The van der Waals surface area contributed by atoms with E-state index in [9.17, 15) is 9.18 Å². The number of ketones is 1. The van der Waals surface area contributed by atoms with E-state index in [2.05, 4.69) is 11.4 Å². The first-order valence-electron chi connectivity index (χ1n) is 6.77. The quantitative estimate of drug-likeness (QED) is 0.856. The average molecular weight is 269 g/mol. The van der Waals surface area contributed by atoms with Crippen molar-refractivity contribution in [1.82, 2.24) is 0 Å². The normalized spacial score (nSPS) is 16.6. The maximum absolute atomic E-state index is 13.2. The summed E-state index contributed by atoms with van der Waals surface area (Å²) in [5.41, 5.74) is 3.41. The lowest BCUT2D eigenvalue weighted by Gasteiger charge is -2.10. The van der Waals surface area contributed by atoms with E-state index < -0.39 is 0 Å². The second-order valence-electron chi connectivity index (χ2n) is 5.26. The molecule has 0 saturated heterocycles. The highest BCUT2D eigenvalue weighted by molar-refractivity contribution is 5.97. The third-order valence-electron chi connectivity index (χ3n) is 3.85. The van der Waals surface area contributed by atoms with E-state index in [-0.39, 0.29) is 17.5 Å². The van der Waals surface area contributed by atoms with Gasteiger partial charge < -0.3 is 5.32 Å². The van der Waals surface area contributed by atoms with Crippen LogP contribution in [0.15, 0.2) is 42.5 Å². The van der Waals surface area contributed by atoms with E-state index in [0.717, 1.165) is 12.2 Å². The molecule has 102 valence electrons. The van der Waals surface area contributed by atoms with Crippen LogP contribution in [0.2, 0.25) is 0 Å². The number of anilines is 1. The number of fused-ring (bicyclic) bond motifs is 1. The van der Waals surface area contributed by atoms with E-state index in [4.69, 9.17) is 0 Å². The number of benzene rings is 2. The first-order valence-corrected chi connectivity index (χ1v) is 6.77. The number of halogens is 1. The Bertz CT molecular complexity index is 666. The molecule has 1 heterocycles. The highest BCUT2D eigenvalue weighted by Crippen LogP contribution is 2.34. The van der Waals surface area contributed by atoms with Crippen LogP contribution in [0.4, 0.5) is 10.1 Å². The molecule has 0 spiro atoms. The largest absolute Gasteiger partial charge is 0.384 e. The average Bonchev–Trinajstić information content (AvgIpc) is 2.85. The van der Waals surface area contributed by atoms with Crippen LogP contribution in [-0.2, 0) is 0 Å². The van der Waals surface area contributed by atoms with Crippen LogP contribution in [0.3, 0.4) is 0 Å². The van der Waals surface area contributed by atoms with Crippen LogP contribution < -0.4 is 5.32 Å². The van der Waals surface area contributed by atoms with Gasteiger partial charge in [-0.2, -0.15) is 0 Å². The lowest BCUT2D eigenvalue weighted by atomic mass is 9.93. The van der Waals surface area contributed by atoms with Gasteiger partial charge in [0.05, 0.1) is 0 Å². The molecule has 0 radical (unpaired) electrons. The fourth-order valence-corrected chi connectivity index (χ4v) is 2.70. The van der Waals surface area contributed by atoms with Gasteiger partial charge in [-0.1, -0.05) is 18.2 Å². The summed E-state index contributed by atoms with van der Waals surface area (Å²) in [5.74, 6) is -0.00455. The summed E-state index contributed by atoms with van der Waals surface area (Å²) in [6.07, 6.45) is 0.453. The highest BCUT2D eigenvalue weighted by atomic mass is 19.1. The number of carbonyl (C=O) groups is 1. The number of nitrogens with one attached hydrogen (secondary N) is 1. The SMILES string of the molecule is Cc1cc(C(=O)CC2CNc3ccccc32)ccc1F. The summed E-state index contributed by atoms with van der Waals surface area (Å²) in [6, 6.07) is 12.6. The molecule has 1 atom stereocenters. The van der Waals surface area contributed by atoms with E-state index in [1.165, 1.54) is 11.6 Å². The van der Waals surface area contributed by atoms with Crippen LogP contribution >= 0.6 is 0 Å². The number of hydrogen-bond donors (Lipinski definition) is 1. The Morgan fingerprint density at radius 1 is 1.30 bits per heavy atom. The second-order valence-corrected chi connectivity index (χ2v) is 5.26. The van der Waals surface area contributed by atoms with Crippen molar-refractivity contribution in [3.8, 4) is 0 Å². The van der Waals surface area contributed by atoms with Crippen LogP contribution in [0.1, 0.15) is 33.8 Å². The van der Waals surface area contributed by atoms with Crippen LogP contribution in [0.5, 0.6) is 0 Å². The Labute approximate surface area is 117 Å². The molecule has 1 aliphatic rings. The van der Waals surface area contributed by atoms with Gasteiger partial charge in [-0.15, -0.1) is 0 Å². The summed E-state index contributed by atoms with van der Waals surface area (Å²) in [5, 5.41) is 3.32. The lowest BCUT2D eigenvalue weighted by molar-refractivity contribution is 0.0975. The topological polar surface area (TPSA) is 29.1 Å². The molecule has 0 aromatic heterocycles. The van der Waals surface area contributed by atoms with Crippen molar-refractivity contribution in [2.24, 2.45) is 0 Å². The summed E-state index contributed by atoms with van der Waals surface area (Å²) < 4.78 is 13.2. The second kappa shape index (κ2) is 5.08. The van der Waals surface area contributed by atoms with Gasteiger partial charge in [0.25, 0.3) is 0 Å². The monoisotopic (exact) mass is 269 g/mol. The van der Waals surface area contributed by atoms with Crippen molar-refractivity contribution >= 4 is 11.5 Å². The first-order chi connectivity index (χ1) is 9.65. The van der Waals surface area contributed by atoms with Crippen LogP contribution in [0.25, 0.3) is 0 Å². The molecule has 1 aliphatic heterocycles. The standard InChI is InChI=1S/C17H16FNO/c1-11-8-12(6-7-15(11)18)17(20)9-13-10-19-16-5-3-2-4-14(13)16/h2-8,13,19H,9-10H2,1H3. The molecule has 20 heavy (non-hydrogen) atoms. The third-order valence-corrected chi connectivity index (χ3v) is 3.85. The van der Waals surface area contributed by atoms with E-state index in [1.54, 1.807) is 19.1 Å². The summed E-state index contributed by atoms with van der Waals surface area (Å²) in [7, 11) is 0. The molecule has 2 aromatic rings. The molecule has 0 fully saturated rings. The van der Waals surface area contributed by atoms with Crippen LogP contribution in [-0.4, -0.2) is 12.3 Å². The van der Waals surface area contributed by atoms with Gasteiger partial charge in [0.15, 0.2) is 5.78 Å². The van der Waals surface area contributed by atoms with E-state index >= 15 is 0 Å². The molecule has 1 unspecified atom stereocenters. The van der Waals surface area contributed by atoms with Crippen LogP contribution in [0, 0.1) is 12.7 Å². The summed E-state index contributed by atoms with van der Waals surface area (Å²) in [6.45, 7) is 2.46. The minimum Gasteiger partial charge on any atom is -0.384 e. The van der Waals surface area contributed by atoms with Gasteiger partial charge in [0, 0.05) is 30.1 Å². The number of Topliss-reactive ketones (excluding diaryl/α,β-unsaturated/α-hetero) is 1. The number of aryl methyl sites for hydroxylation is 1. The van der Waals surface area contributed by atoms with E-state index in [1.807, 2.05) is 18.2 Å². The molecule has 0 aliphatic carbocycles. The Kier molecular flexibility index (Phi) is 3.26.